The molecule has 1 saturated heterocycles. The molecule has 24 heavy (non-hydrogen) atoms. The van der Waals surface area contributed by atoms with Gasteiger partial charge in [0.25, 0.3) is 5.91 Å². The predicted molar refractivity (Wildman–Crippen MR) is 93.6 cm³/mol. The molecule has 6 nitrogen and oxygen atoms in total. The van der Waals surface area contributed by atoms with E-state index in [0.29, 0.717) is 18.3 Å². The highest BCUT2D eigenvalue weighted by Gasteiger charge is 2.31. The number of methoxy groups -OCH3 is 2. The van der Waals surface area contributed by atoms with Gasteiger partial charge < -0.3 is 19.4 Å². The van der Waals surface area contributed by atoms with E-state index in [1.807, 2.05) is 31.3 Å². The lowest BCUT2D eigenvalue weighted by Gasteiger charge is -2.25. The fraction of sp³-hybridized carbons (Fsp3) is 0.500. The van der Waals surface area contributed by atoms with Crippen LogP contribution in [0.2, 0.25) is 0 Å². The predicted octanol–water partition coefficient (Wildman–Crippen LogP) is 1.97. The summed E-state index contributed by atoms with van der Waals surface area (Å²) in [4.78, 5) is 20.0. The number of ether oxygens (including phenoxy) is 2. The molecular weight excluding hydrogens is 306 g/mol. The Morgan fingerprint density at radius 1 is 1.38 bits per heavy atom. The minimum absolute atomic E-state index is 0.000524. The van der Waals surface area contributed by atoms with Gasteiger partial charge in [0.1, 0.15) is 11.4 Å². The second-order valence-electron chi connectivity index (χ2n) is 6.51. The summed E-state index contributed by atoms with van der Waals surface area (Å²) in [7, 11) is 7.31. The lowest BCUT2D eigenvalue weighted by Crippen LogP contribution is -2.39. The van der Waals surface area contributed by atoms with Gasteiger partial charge in [0.2, 0.25) is 0 Å². The number of carbonyl (C=O) groups is 1. The number of hydrogen-bond acceptors (Lipinski definition) is 4. The fourth-order valence-electron chi connectivity index (χ4n) is 3.37. The Morgan fingerprint density at radius 3 is 2.83 bits per heavy atom. The van der Waals surface area contributed by atoms with Crippen molar-refractivity contribution in [2.24, 2.45) is 0 Å². The largest absolute Gasteiger partial charge is 0.497 e. The van der Waals surface area contributed by atoms with Crippen molar-refractivity contribution < 1.29 is 14.3 Å². The van der Waals surface area contributed by atoms with Crippen molar-refractivity contribution in [3.63, 3.8) is 0 Å². The summed E-state index contributed by atoms with van der Waals surface area (Å²) in [6.45, 7) is 1.60. The maximum absolute atomic E-state index is 12.7. The molecule has 2 aromatic rings. The molecule has 1 aliphatic heterocycles. The number of rotatable bonds is 5. The van der Waals surface area contributed by atoms with Gasteiger partial charge in [-0.15, -0.1) is 0 Å². The molecule has 0 spiro atoms. The molecule has 2 atom stereocenters. The first-order valence-electron chi connectivity index (χ1n) is 8.17. The van der Waals surface area contributed by atoms with Crippen molar-refractivity contribution >= 4 is 16.8 Å². The van der Waals surface area contributed by atoms with Gasteiger partial charge in [0, 0.05) is 44.2 Å². The maximum atomic E-state index is 12.7. The van der Waals surface area contributed by atoms with Crippen LogP contribution in [0.3, 0.4) is 0 Å². The van der Waals surface area contributed by atoms with Crippen molar-refractivity contribution in [2.75, 3.05) is 41.4 Å². The molecule has 0 radical (unpaired) electrons. The van der Waals surface area contributed by atoms with E-state index in [2.05, 4.69) is 16.9 Å². The number of nitrogens with one attached hydrogen (secondary N) is 1. The summed E-state index contributed by atoms with van der Waals surface area (Å²) >= 11 is 0. The number of fused-ring (bicyclic) bond motifs is 1. The highest BCUT2D eigenvalue weighted by atomic mass is 16.5. The Balaban J connectivity index is 1.71. The molecule has 0 unspecified atom stereocenters. The van der Waals surface area contributed by atoms with Gasteiger partial charge in [0.05, 0.1) is 13.2 Å². The number of aromatic nitrogens is 1. The zero-order valence-electron chi connectivity index (χ0n) is 14.7. The molecule has 6 heteroatoms. The zero-order chi connectivity index (χ0) is 17.3. The van der Waals surface area contributed by atoms with Crippen LogP contribution in [0.25, 0.3) is 10.9 Å². The molecule has 3 rings (SSSR count). The minimum Gasteiger partial charge on any atom is -0.497 e. The van der Waals surface area contributed by atoms with Crippen molar-refractivity contribution in [1.82, 2.24) is 14.8 Å². The van der Waals surface area contributed by atoms with Crippen molar-refractivity contribution in [2.45, 2.75) is 18.6 Å². The number of aromatic amines is 1. The van der Waals surface area contributed by atoms with E-state index in [-0.39, 0.29) is 12.0 Å². The number of carbonyl (C=O) groups excluding carboxylic acids is 1. The summed E-state index contributed by atoms with van der Waals surface area (Å²) < 4.78 is 10.7. The van der Waals surface area contributed by atoms with E-state index in [4.69, 9.17) is 9.47 Å². The standard InChI is InChI=1S/C18H25N3O3/c1-20-11-15(24-4)9-13(20)10-21(2)18(22)17-8-12-7-14(23-3)5-6-16(12)19-17/h5-8,13,15,19H,9-11H2,1-4H3/t13-,15-/m0/s1. The first-order valence-corrected chi connectivity index (χ1v) is 8.17. The van der Waals surface area contributed by atoms with E-state index in [9.17, 15) is 4.79 Å². The smallest absolute Gasteiger partial charge is 0.270 e. The number of amides is 1. The normalized spacial score (nSPS) is 21.3. The molecule has 0 saturated carbocycles. The Morgan fingerprint density at radius 2 is 2.17 bits per heavy atom. The summed E-state index contributed by atoms with van der Waals surface area (Å²) in [5.41, 5.74) is 1.54. The van der Waals surface area contributed by atoms with Crippen LogP contribution in [0.15, 0.2) is 24.3 Å². The van der Waals surface area contributed by atoms with Crippen LogP contribution in [-0.4, -0.2) is 74.2 Å². The second kappa shape index (κ2) is 6.83. The van der Waals surface area contributed by atoms with Crippen LogP contribution in [0.5, 0.6) is 5.75 Å². The van der Waals surface area contributed by atoms with Crippen LogP contribution < -0.4 is 4.74 Å². The first kappa shape index (κ1) is 16.8. The Labute approximate surface area is 142 Å². The molecule has 1 aliphatic rings. The second-order valence-corrected chi connectivity index (χ2v) is 6.51. The van der Waals surface area contributed by atoms with Crippen LogP contribution in [0.1, 0.15) is 16.9 Å². The van der Waals surface area contributed by atoms with Gasteiger partial charge in [-0.05, 0) is 37.7 Å². The van der Waals surface area contributed by atoms with Crippen LogP contribution >= 0.6 is 0 Å². The monoisotopic (exact) mass is 331 g/mol. The third-order valence-corrected chi connectivity index (χ3v) is 4.87. The average Bonchev–Trinajstić information content (AvgIpc) is 3.16. The molecule has 130 valence electrons. The number of likely N-dealkylation sites (tertiary alicyclic amines) is 1. The van der Waals surface area contributed by atoms with E-state index in [1.165, 1.54) is 0 Å². The molecule has 2 heterocycles. The zero-order valence-corrected chi connectivity index (χ0v) is 14.7. The van der Waals surface area contributed by atoms with Gasteiger partial charge >= 0.3 is 0 Å². The Bertz CT molecular complexity index is 727. The van der Waals surface area contributed by atoms with Crippen LogP contribution in [0.4, 0.5) is 0 Å². The van der Waals surface area contributed by atoms with Crippen molar-refractivity contribution in [3.8, 4) is 5.75 Å². The van der Waals surface area contributed by atoms with E-state index in [0.717, 1.165) is 29.6 Å². The molecule has 1 aromatic carbocycles. The van der Waals surface area contributed by atoms with Crippen LogP contribution in [-0.2, 0) is 4.74 Å². The fourth-order valence-corrected chi connectivity index (χ4v) is 3.37. The highest BCUT2D eigenvalue weighted by Crippen LogP contribution is 2.23. The lowest BCUT2D eigenvalue weighted by molar-refractivity contribution is 0.0755. The van der Waals surface area contributed by atoms with Gasteiger partial charge in [-0.1, -0.05) is 0 Å². The van der Waals surface area contributed by atoms with Gasteiger partial charge in [0.15, 0.2) is 0 Å². The van der Waals surface area contributed by atoms with Gasteiger partial charge in [-0.2, -0.15) is 0 Å². The van der Waals surface area contributed by atoms with Crippen molar-refractivity contribution in [1.29, 1.82) is 0 Å². The molecule has 0 aliphatic carbocycles. The molecule has 1 N–H and O–H groups in total. The summed E-state index contributed by atoms with van der Waals surface area (Å²) in [5.74, 6) is 0.784. The first-order chi connectivity index (χ1) is 11.5. The van der Waals surface area contributed by atoms with E-state index in [1.54, 1.807) is 19.1 Å². The molecule has 1 fully saturated rings. The number of nitrogens with zero attached hydrogens (tertiary/aromatic N) is 2. The molecule has 1 amide bonds. The third kappa shape index (κ3) is 3.25. The SMILES string of the molecule is COc1ccc2[nH]c(C(=O)N(C)C[C@@H]3C[C@H](OC)CN3C)cc2c1. The molecule has 0 bridgehead atoms. The topological polar surface area (TPSA) is 57.8 Å². The minimum atomic E-state index is -0.000524. The number of hydrogen-bond donors (Lipinski definition) is 1. The average molecular weight is 331 g/mol. The Kier molecular flexibility index (Phi) is 4.78. The number of H-pyrrole nitrogens is 1. The maximum Gasteiger partial charge on any atom is 0.270 e. The summed E-state index contributed by atoms with van der Waals surface area (Å²) in [5, 5.41) is 0.975. The summed E-state index contributed by atoms with van der Waals surface area (Å²) in [6.07, 6.45) is 1.21. The third-order valence-electron chi connectivity index (χ3n) is 4.87. The lowest BCUT2D eigenvalue weighted by atomic mass is 10.2. The molecular formula is C18H25N3O3. The van der Waals surface area contributed by atoms with Crippen molar-refractivity contribution in [3.05, 3.63) is 30.0 Å². The Hall–Kier alpha value is -2.05. The van der Waals surface area contributed by atoms with Gasteiger partial charge in [-0.3, -0.25) is 9.69 Å². The summed E-state index contributed by atoms with van der Waals surface area (Å²) in [6, 6.07) is 7.95. The number of benzene rings is 1. The number of likely N-dealkylation sites (N-methyl/N-ethyl adjacent to an activating group) is 2. The van der Waals surface area contributed by atoms with E-state index >= 15 is 0 Å². The van der Waals surface area contributed by atoms with Gasteiger partial charge in [-0.25, -0.2) is 0 Å². The van der Waals surface area contributed by atoms with Crippen LogP contribution in [0, 0.1) is 0 Å². The highest BCUT2D eigenvalue weighted by molar-refractivity contribution is 5.98. The molecule has 1 aromatic heterocycles. The van der Waals surface area contributed by atoms with E-state index < -0.39 is 0 Å². The quantitative estimate of drug-likeness (QED) is 0.910.